The summed E-state index contributed by atoms with van der Waals surface area (Å²) in [4.78, 5) is 0. The maximum Gasteiger partial charge on any atom is 0.0976 e. The summed E-state index contributed by atoms with van der Waals surface area (Å²) in [6.45, 7) is 0.795. The van der Waals surface area contributed by atoms with Crippen LogP contribution >= 0.6 is 11.6 Å². The van der Waals surface area contributed by atoms with Gasteiger partial charge in [0.05, 0.1) is 30.8 Å². The zero-order valence-electron chi connectivity index (χ0n) is 16.3. The number of hydrogen-bond donors (Lipinski definition) is 3. The number of benzene rings is 2. The molecule has 2 aliphatic rings. The van der Waals surface area contributed by atoms with E-state index in [1.165, 1.54) is 23.2 Å². The van der Waals surface area contributed by atoms with Crippen molar-refractivity contribution >= 4 is 17.3 Å². The van der Waals surface area contributed by atoms with E-state index in [4.69, 9.17) is 22.8 Å². The van der Waals surface area contributed by atoms with Crippen molar-refractivity contribution in [3.05, 3.63) is 63.7 Å². The number of fused-ring (bicyclic) bond motifs is 1. The minimum atomic E-state index is -0.707. The van der Waals surface area contributed by atoms with Crippen LogP contribution in [0.3, 0.4) is 0 Å². The summed E-state index contributed by atoms with van der Waals surface area (Å²) in [5.41, 5.74) is 5.72. The first-order valence-electron chi connectivity index (χ1n) is 10.1. The van der Waals surface area contributed by atoms with Crippen LogP contribution in [0.15, 0.2) is 36.4 Å². The summed E-state index contributed by atoms with van der Waals surface area (Å²) in [5, 5.41) is 24.2. The Morgan fingerprint density at radius 1 is 1.24 bits per heavy atom. The SMILES string of the molecule is C#CC1C(O)CC(c2ccc(Cl)c(Cc3ccc4c(c3)NCCC4)c2)OC1CO. The van der Waals surface area contributed by atoms with Crippen molar-refractivity contribution in [2.24, 2.45) is 5.92 Å². The van der Waals surface area contributed by atoms with Crippen molar-refractivity contribution in [3.8, 4) is 12.3 Å². The van der Waals surface area contributed by atoms with Gasteiger partial charge in [0.15, 0.2) is 0 Å². The Hall–Kier alpha value is -2.03. The molecule has 1 saturated heterocycles. The average molecular weight is 412 g/mol. The van der Waals surface area contributed by atoms with Crippen LogP contribution in [-0.2, 0) is 17.6 Å². The number of ether oxygens (including phenoxy) is 1. The molecule has 5 heteroatoms. The van der Waals surface area contributed by atoms with Gasteiger partial charge in [-0.1, -0.05) is 41.8 Å². The monoisotopic (exact) mass is 411 g/mol. The van der Waals surface area contributed by atoms with Crippen LogP contribution in [0.2, 0.25) is 5.02 Å². The van der Waals surface area contributed by atoms with Gasteiger partial charge in [-0.3, -0.25) is 0 Å². The molecule has 0 amide bonds. The van der Waals surface area contributed by atoms with Crippen molar-refractivity contribution in [3.63, 3.8) is 0 Å². The van der Waals surface area contributed by atoms with Gasteiger partial charge in [-0.15, -0.1) is 6.42 Å². The summed E-state index contributed by atoms with van der Waals surface area (Å²) in [5.74, 6) is 2.05. The topological polar surface area (TPSA) is 61.7 Å². The van der Waals surface area contributed by atoms with E-state index in [1.807, 2.05) is 18.2 Å². The highest BCUT2D eigenvalue weighted by atomic mass is 35.5. The largest absolute Gasteiger partial charge is 0.394 e. The minimum Gasteiger partial charge on any atom is -0.394 e. The molecule has 3 N–H and O–H groups in total. The van der Waals surface area contributed by atoms with E-state index in [0.29, 0.717) is 17.9 Å². The van der Waals surface area contributed by atoms with Gasteiger partial charge in [0.25, 0.3) is 0 Å². The lowest BCUT2D eigenvalue weighted by molar-refractivity contribution is -0.136. The van der Waals surface area contributed by atoms with E-state index in [-0.39, 0.29) is 12.7 Å². The Balaban J connectivity index is 1.56. The molecule has 0 spiro atoms. The zero-order valence-corrected chi connectivity index (χ0v) is 17.0. The molecule has 0 saturated carbocycles. The van der Waals surface area contributed by atoms with E-state index in [0.717, 1.165) is 24.1 Å². The van der Waals surface area contributed by atoms with Crippen molar-refractivity contribution < 1.29 is 14.9 Å². The Bertz CT molecular complexity index is 923. The van der Waals surface area contributed by atoms with Crippen LogP contribution in [0.25, 0.3) is 0 Å². The molecule has 2 heterocycles. The first-order chi connectivity index (χ1) is 14.1. The zero-order chi connectivity index (χ0) is 20.4. The maximum absolute atomic E-state index is 10.4. The molecule has 0 aromatic heterocycles. The predicted molar refractivity (Wildman–Crippen MR) is 115 cm³/mol. The third kappa shape index (κ3) is 4.29. The molecule has 29 heavy (non-hydrogen) atoms. The number of rotatable bonds is 4. The second-order valence-corrected chi connectivity index (χ2v) is 8.30. The number of aryl methyl sites for hydroxylation is 1. The number of nitrogens with one attached hydrogen (secondary N) is 1. The Labute approximate surface area is 176 Å². The van der Waals surface area contributed by atoms with Crippen molar-refractivity contribution in [2.45, 2.75) is 44.0 Å². The van der Waals surface area contributed by atoms with E-state index >= 15 is 0 Å². The highest BCUT2D eigenvalue weighted by molar-refractivity contribution is 6.31. The molecule has 0 bridgehead atoms. The smallest absolute Gasteiger partial charge is 0.0976 e. The fourth-order valence-electron chi connectivity index (χ4n) is 4.32. The number of hydrogen-bond acceptors (Lipinski definition) is 4. The van der Waals surface area contributed by atoms with Gasteiger partial charge in [-0.05, 0) is 53.6 Å². The van der Waals surface area contributed by atoms with Crippen LogP contribution < -0.4 is 5.32 Å². The van der Waals surface area contributed by atoms with Gasteiger partial charge in [0.2, 0.25) is 0 Å². The minimum absolute atomic E-state index is 0.217. The highest BCUT2D eigenvalue weighted by Crippen LogP contribution is 2.36. The molecular weight excluding hydrogens is 386 g/mol. The van der Waals surface area contributed by atoms with Crippen LogP contribution in [0, 0.1) is 18.3 Å². The quantitative estimate of drug-likeness (QED) is 0.671. The van der Waals surface area contributed by atoms with E-state index in [9.17, 15) is 10.2 Å². The lowest BCUT2D eigenvalue weighted by atomic mass is 9.87. The maximum atomic E-state index is 10.4. The first kappa shape index (κ1) is 20.3. The van der Waals surface area contributed by atoms with Crippen molar-refractivity contribution in [1.29, 1.82) is 0 Å². The summed E-state index contributed by atoms with van der Waals surface area (Å²) in [6.07, 6.45) is 7.29. The number of aliphatic hydroxyl groups is 2. The average Bonchev–Trinajstić information content (AvgIpc) is 2.74. The number of aliphatic hydroxyl groups excluding tert-OH is 2. The summed E-state index contributed by atoms with van der Waals surface area (Å²) >= 11 is 6.49. The molecule has 4 nitrogen and oxygen atoms in total. The standard InChI is InChI=1S/C24H26ClNO3/c1-2-19-22(28)13-23(29-24(19)14-27)17-7-8-20(25)18(12-17)10-15-5-6-16-4-3-9-26-21(16)11-15/h1,5-8,11-12,19,22-24,26-28H,3-4,9-10,13-14H2. The lowest BCUT2D eigenvalue weighted by Gasteiger charge is -2.37. The van der Waals surface area contributed by atoms with Gasteiger partial charge in [-0.25, -0.2) is 0 Å². The molecule has 4 rings (SSSR count). The molecule has 2 aromatic rings. The molecule has 0 radical (unpaired) electrons. The molecule has 4 unspecified atom stereocenters. The Morgan fingerprint density at radius 2 is 2.10 bits per heavy atom. The third-order valence-corrected chi connectivity index (χ3v) is 6.30. The van der Waals surface area contributed by atoms with Crippen LogP contribution in [-0.4, -0.2) is 35.6 Å². The van der Waals surface area contributed by atoms with Crippen LogP contribution in [0.5, 0.6) is 0 Å². The van der Waals surface area contributed by atoms with E-state index in [1.54, 1.807) is 0 Å². The van der Waals surface area contributed by atoms with Gasteiger partial charge < -0.3 is 20.3 Å². The van der Waals surface area contributed by atoms with E-state index in [2.05, 4.69) is 29.4 Å². The molecule has 0 aliphatic carbocycles. The molecular formula is C24H26ClNO3. The summed E-state index contributed by atoms with van der Waals surface area (Å²) in [7, 11) is 0. The fourth-order valence-corrected chi connectivity index (χ4v) is 4.51. The Morgan fingerprint density at radius 3 is 2.90 bits per heavy atom. The normalized spacial score (nSPS) is 26.3. The highest BCUT2D eigenvalue weighted by Gasteiger charge is 2.37. The van der Waals surface area contributed by atoms with Crippen LogP contribution in [0.1, 0.15) is 41.2 Å². The number of anilines is 1. The van der Waals surface area contributed by atoms with Crippen molar-refractivity contribution in [2.75, 3.05) is 18.5 Å². The molecule has 152 valence electrons. The fraction of sp³-hybridized carbons (Fsp3) is 0.417. The van der Waals surface area contributed by atoms with Crippen LogP contribution in [0.4, 0.5) is 5.69 Å². The van der Waals surface area contributed by atoms with Gasteiger partial charge in [0, 0.05) is 23.7 Å². The summed E-state index contributed by atoms with van der Waals surface area (Å²) < 4.78 is 6.01. The second kappa shape index (κ2) is 8.77. The molecule has 1 fully saturated rings. The second-order valence-electron chi connectivity index (χ2n) is 7.89. The molecule has 4 atom stereocenters. The number of halogens is 1. The van der Waals surface area contributed by atoms with Gasteiger partial charge in [-0.2, -0.15) is 0 Å². The lowest BCUT2D eigenvalue weighted by Crippen LogP contribution is -2.42. The van der Waals surface area contributed by atoms with Gasteiger partial charge in [0.1, 0.15) is 0 Å². The van der Waals surface area contributed by atoms with E-state index < -0.39 is 18.1 Å². The molecule has 2 aromatic carbocycles. The number of terminal acetylenes is 1. The predicted octanol–water partition coefficient (Wildman–Crippen LogP) is 3.72. The first-order valence-corrected chi connectivity index (χ1v) is 10.5. The third-order valence-electron chi connectivity index (χ3n) is 5.93. The van der Waals surface area contributed by atoms with Gasteiger partial charge >= 0.3 is 0 Å². The summed E-state index contributed by atoms with van der Waals surface area (Å²) in [6, 6.07) is 12.4. The Kier molecular flexibility index (Phi) is 6.12. The van der Waals surface area contributed by atoms with Crippen molar-refractivity contribution in [1.82, 2.24) is 0 Å². The molecule has 2 aliphatic heterocycles.